The molecule has 0 fully saturated rings. The van der Waals surface area contributed by atoms with Crippen LogP contribution in [0.3, 0.4) is 0 Å². The van der Waals surface area contributed by atoms with Crippen molar-refractivity contribution in [1.29, 1.82) is 0 Å². The van der Waals surface area contributed by atoms with Crippen molar-refractivity contribution in [3.8, 4) is 0 Å². The number of anilines is 1. The van der Waals surface area contributed by atoms with Gasteiger partial charge in [0.15, 0.2) is 5.13 Å². The van der Waals surface area contributed by atoms with Crippen LogP contribution in [0.2, 0.25) is 5.02 Å². The van der Waals surface area contributed by atoms with Crippen LogP contribution in [0.4, 0.5) is 10.8 Å². The number of rotatable bonds is 5. The number of benzene rings is 1. The Morgan fingerprint density at radius 3 is 2.81 bits per heavy atom. The summed E-state index contributed by atoms with van der Waals surface area (Å²) < 4.78 is 0. The molecule has 1 aromatic heterocycles. The van der Waals surface area contributed by atoms with E-state index in [4.69, 9.17) is 11.6 Å². The second kappa shape index (κ2) is 6.19. The van der Waals surface area contributed by atoms with Crippen LogP contribution in [-0.4, -0.2) is 22.7 Å². The van der Waals surface area contributed by atoms with Crippen LogP contribution in [0.1, 0.15) is 27.9 Å². The Hall–Kier alpha value is -1.99. The standard InChI is InChI=1S/C13H12ClN3O3S/c1-3-9-12(21-13(15-2)16-9)11(18)7-4-5-8(14)10(6-7)17(19)20/h4-6H,3H2,1-2H3,(H,15,16). The minimum absolute atomic E-state index is 0.00693. The summed E-state index contributed by atoms with van der Waals surface area (Å²) >= 11 is 6.99. The van der Waals surface area contributed by atoms with Gasteiger partial charge in [0.05, 0.1) is 10.6 Å². The van der Waals surface area contributed by atoms with E-state index in [2.05, 4.69) is 10.3 Å². The SMILES string of the molecule is CCc1nc(NC)sc1C(=O)c1ccc(Cl)c([N+](=O)[O-])c1. The number of carbonyl (C=O) groups is 1. The quantitative estimate of drug-likeness (QED) is 0.516. The molecule has 0 radical (unpaired) electrons. The van der Waals surface area contributed by atoms with E-state index in [1.54, 1.807) is 7.05 Å². The van der Waals surface area contributed by atoms with Crippen molar-refractivity contribution in [2.24, 2.45) is 0 Å². The largest absolute Gasteiger partial charge is 0.365 e. The summed E-state index contributed by atoms with van der Waals surface area (Å²) in [4.78, 5) is 27.6. The van der Waals surface area contributed by atoms with Crippen molar-refractivity contribution in [3.63, 3.8) is 0 Å². The number of nitro groups is 1. The van der Waals surface area contributed by atoms with Crippen LogP contribution in [0.25, 0.3) is 0 Å². The Kier molecular flexibility index (Phi) is 4.54. The van der Waals surface area contributed by atoms with Crippen molar-refractivity contribution in [1.82, 2.24) is 4.98 Å². The summed E-state index contributed by atoms with van der Waals surface area (Å²) in [6, 6.07) is 4.04. The first-order valence-corrected chi connectivity index (χ1v) is 7.33. The molecule has 6 nitrogen and oxygen atoms in total. The van der Waals surface area contributed by atoms with Gasteiger partial charge in [-0.3, -0.25) is 14.9 Å². The van der Waals surface area contributed by atoms with Gasteiger partial charge in [-0.1, -0.05) is 29.9 Å². The van der Waals surface area contributed by atoms with Crippen LogP contribution >= 0.6 is 22.9 Å². The van der Waals surface area contributed by atoms with Gasteiger partial charge >= 0.3 is 0 Å². The number of ketones is 1. The molecular weight excluding hydrogens is 314 g/mol. The maximum atomic E-state index is 12.5. The summed E-state index contributed by atoms with van der Waals surface area (Å²) in [6.07, 6.45) is 0.606. The first-order chi connectivity index (χ1) is 9.97. The van der Waals surface area contributed by atoms with Crippen LogP contribution in [0.5, 0.6) is 0 Å². The number of aromatic nitrogens is 1. The molecule has 0 aliphatic heterocycles. The molecule has 1 aromatic carbocycles. The maximum absolute atomic E-state index is 12.5. The van der Waals surface area contributed by atoms with Gasteiger partial charge in [0.25, 0.3) is 5.69 Å². The summed E-state index contributed by atoms with van der Waals surface area (Å²) in [6.45, 7) is 1.90. The lowest BCUT2D eigenvalue weighted by Crippen LogP contribution is -2.03. The molecule has 0 bridgehead atoms. The highest BCUT2D eigenvalue weighted by Gasteiger charge is 2.21. The molecule has 0 amide bonds. The minimum Gasteiger partial charge on any atom is -0.365 e. The second-order valence-corrected chi connectivity index (χ2v) is 5.56. The fraction of sp³-hybridized carbons (Fsp3) is 0.231. The molecule has 1 N–H and O–H groups in total. The molecule has 21 heavy (non-hydrogen) atoms. The lowest BCUT2D eigenvalue weighted by molar-refractivity contribution is -0.384. The lowest BCUT2D eigenvalue weighted by Gasteiger charge is -2.01. The Morgan fingerprint density at radius 1 is 1.52 bits per heavy atom. The third-order valence-corrected chi connectivity index (χ3v) is 4.29. The molecule has 1 heterocycles. The zero-order chi connectivity index (χ0) is 15.6. The van der Waals surface area contributed by atoms with Crippen LogP contribution in [0.15, 0.2) is 18.2 Å². The third-order valence-electron chi connectivity index (χ3n) is 2.86. The first-order valence-electron chi connectivity index (χ1n) is 6.14. The summed E-state index contributed by atoms with van der Waals surface area (Å²) in [5.74, 6) is -0.286. The van der Waals surface area contributed by atoms with Gasteiger partial charge in [-0.05, 0) is 18.6 Å². The zero-order valence-electron chi connectivity index (χ0n) is 11.3. The summed E-state index contributed by atoms with van der Waals surface area (Å²) in [7, 11) is 1.72. The molecule has 0 spiro atoms. The third kappa shape index (κ3) is 3.03. The zero-order valence-corrected chi connectivity index (χ0v) is 12.9. The highest BCUT2D eigenvalue weighted by Crippen LogP contribution is 2.29. The number of halogens is 1. The van der Waals surface area contributed by atoms with Crippen molar-refractivity contribution in [2.75, 3.05) is 12.4 Å². The Balaban J connectivity index is 2.47. The highest BCUT2D eigenvalue weighted by molar-refractivity contribution is 7.17. The average Bonchev–Trinajstić information content (AvgIpc) is 2.90. The Labute approximate surface area is 129 Å². The van der Waals surface area contributed by atoms with Gasteiger partial charge in [0.2, 0.25) is 5.78 Å². The Bertz CT molecular complexity index is 715. The van der Waals surface area contributed by atoms with Gasteiger partial charge < -0.3 is 5.32 Å². The van der Waals surface area contributed by atoms with E-state index in [0.717, 1.165) is 0 Å². The predicted molar refractivity (Wildman–Crippen MR) is 82.6 cm³/mol. The maximum Gasteiger partial charge on any atom is 0.288 e. The van der Waals surface area contributed by atoms with Crippen LogP contribution in [-0.2, 0) is 6.42 Å². The van der Waals surface area contributed by atoms with E-state index in [0.29, 0.717) is 22.1 Å². The molecule has 0 aliphatic rings. The van der Waals surface area contributed by atoms with Crippen LogP contribution in [0, 0.1) is 10.1 Å². The van der Waals surface area contributed by atoms with Gasteiger partial charge in [0.1, 0.15) is 9.90 Å². The number of nitro benzene ring substituents is 1. The summed E-state index contributed by atoms with van der Waals surface area (Å²) in [5.41, 5.74) is 0.623. The van der Waals surface area contributed by atoms with Crippen molar-refractivity contribution in [3.05, 3.63) is 49.5 Å². The van der Waals surface area contributed by atoms with E-state index in [-0.39, 0.29) is 22.1 Å². The topological polar surface area (TPSA) is 85.1 Å². The van der Waals surface area contributed by atoms with Crippen molar-refractivity contribution >= 4 is 39.5 Å². The predicted octanol–water partition coefficient (Wildman–Crippen LogP) is 3.54. The van der Waals surface area contributed by atoms with E-state index in [1.807, 2.05) is 6.92 Å². The lowest BCUT2D eigenvalue weighted by atomic mass is 10.1. The van der Waals surface area contributed by atoms with Gasteiger partial charge in [-0.2, -0.15) is 0 Å². The number of hydrogen-bond acceptors (Lipinski definition) is 6. The normalized spacial score (nSPS) is 10.4. The second-order valence-electron chi connectivity index (χ2n) is 4.15. The number of nitrogens with one attached hydrogen (secondary N) is 1. The average molecular weight is 326 g/mol. The van der Waals surface area contributed by atoms with E-state index in [9.17, 15) is 14.9 Å². The van der Waals surface area contributed by atoms with E-state index >= 15 is 0 Å². The number of hydrogen-bond donors (Lipinski definition) is 1. The van der Waals surface area contributed by atoms with Crippen LogP contribution < -0.4 is 5.32 Å². The van der Waals surface area contributed by atoms with Gasteiger partial charge in [-0.15, -0.1) is 0 Å². The molecule has 0 saturated heterocycles. The van der Waals surface area contributed by atoms with Crippen molar-refractivity contribution in [2.45, 2.75) is 13.3 Å². The van der Waals surface area contributed by atoms with Crippen molar-refractivity contribution < 1.29 is 9.72 Å². The number of carbonyl (C=O) groups excluding carboxylic acids is 1. The Morgan fingerprint density at radius 2 is 2.24 bits per heavy atom. The number of aryl methyl sites for hydroxylation is 1. The van der Waals surface area contributed by atoms with E-state index in [1.165, 1.54) is 29.5 Å². The fourth-order valence-electron chi connectivity index (χ4n) is 1.80. The highest BCUT2D eigenvalue weighted by atomic mass is 35.5. The number of thiazole rings is 1. The minimum atomic E-state index is -0.606. The smallest absolute Gasteiger partial charge is 0.288 e. The monoisotopic (exact) mass is 325 g/mol. The van der Waals surface area contributed by atoms with Gasteiger partial charge in [0, 0.05) is 18.7 Å². The molecule has 110 valence electrons. The number of nitrogens with zero attached hydrogens (tertiary/aromatic N) is 2. The molecular formula is C13H12ClN3O3S. The fourth-order valence-corrected chi connectivity index (χ4v) is 2.96. The molecule has 2 rings (SSSR count). The molecule has 2 aromatic rings. The molecule has 0 atom stereocenters. The first kappa shape index (κ1) is 15.4. The molecule has 8 heteroatoms. The molecule has 0 aliphatic carbocycles. The molecule has 0 saturated carbocycles. The summed E-state index contributed by atoms with van der Waals surface area (Å²) in [5, 5.41) is 14.4. The molecule has 0 unspecified atom stereocenters. The van der Waals surface area contributed by atoms with Gasteiger partial charge in [-0.25, -0.2) is 4.98 Å². The van der Waals surface area contributed by atoms with E-state index < -0.39 is 4.92 Å².